The zero-order valence-corrected chi connectivity index (χ0v) is 11.3. The van der Waals surface area contributed by atoms with Gasteiger partial charge in [0.1, 0.15) is 10.8 Å². The van der Waals surface area contributed by atoms with E-state index in [1.807, 2.05) is 4.90 Å². The lowest BCUT2D eigenvalue weighted by molar-refractivity contribution is -0.122. The van der Waals surface area contributed by atoms with Crippen LogP contribution in [0.2, 0.25) is 0 Å². The number of hydrogen-bond donors (Lipinski definition) is 2. The summed E-state index contributed by atoms with van der Waals surface area (Å²) in [5.74, 6) is -0.685. The molecule has 1 aliphatic heterocycles. The zero-order chi connectivity index (χ0) is 14.0. The average Bonchev–Trinajstić information content (AvgIpc) is 2.76. The van der Waals surface area contributed by atoms with Crippen LogP contribution >= 0.6 is 12.2 Å². The first-order valence-electron chi connectivity index (χ1n) is 6.10. The molecule has 0 aromatic heterocycles. The summed E-state index contributed by atoms with van der Waals surface area (Å²) in [7, 11) is 0. The standard InChI is InChI=1S/C13H16FN3OS/c14-9-3-4-10(13(16)19)8(6-9)7-17-5-1-2-11(17)12(15)18/h3-4,6,11H,1-2,5,7H2,(H2,15,18)(H2,16,19). The largest absolute Gasteiger partial charge is 0.389 e. The molecule has 0 saturated carbocycles. The van der Waals surface area contributed by atoms with Gasteiger partial charge in [-0.05, 0) is 43.1 Å². The first kappa shape index (κ1) is 13.9. The van der Waals surface area contributed by atoms with Gasteiger partial charge in [0.15, 0.2) is 0 Å². The average molecular weight is 281 g/mol. The van der Waals surface area contributed by atoms with Crippen molar-refractivity contribution in [2.24, 2.45) is 11.5 Å². The third-order valence-electron chi connectivity index (χ3n) is 3.40. The minimum absolute atomic E-state index is 0.227. The van der Waals surface area contributed by atoms with Gasteiger partial charge in [0.05, 0.1) is 6.04 Å². The van der Waals surface area contributed by atoms with Crippen molar-refractivity contribution in [2.75, 3.05) is 6.54 Å². The van der Waals surface area contributed by atoms with Gasteiger partial charge in [0.25, 0.3) is 0 Å². The van der Waals surface area contributed by atoms with Gasteiger partial charge in [-0.1, -0.05) is 12.2 Å². The van der Waals surface area contributed by atoms with Gasteiger partial charge in [-0.2, -0.15) is 0 Å². The van der Waals surface area contributed by atoms with Crippen LogP contribution in [0.25, 0.3) is 0 Å². The molecule has 1 saturated heterocycles. The van der Waals surface area contributed by atoms with Crippen molar-refractivity contribution in [1.82, 2.24) is 4.90 Å². The number of rotatable bonds is 4. The summed E-state index contributed by atoms with van der Waals surface area (Å²) in [6, 6.07) is 4.02. The van der Waals surface area contributed by atoms with E-state index in [-0.39, 0.29) is 22.8 Å². The number of hydrogen-bond acceptors (Lipinski definition) is 3. The molecule has 6 heteroatoms. The Hall–Kier alpha value is -1.53. The lowest BCUT2D eigenvalue weighted by Crippen LogP contribution is -2.40. The van der Waals surface area contributed by atoms with Crippen LogP contribution in [-0.4, -0.2) is 28.4 Å². The summed E-state index contributed by atoms with van der Waals surface area (Å²) in [6.07, 6.45) is 1.65. The van der Waals surface area contributed by atoms with Gasteiger partial charge in [-0.15, -0.1) is 0 Å². The monoisotopic (exact) mass is 281 g/mol. The topological polar surface area (TPSA) is 72.4 Å². The summed E-state index contributed by atoms with van der Waals surface area (Å²) in [5, 5.41) is 0. The Labute approximate surface area is 116 Å². The van der Waals surface area contributed by atoms with E-state index in [2.05, 4.69) is 0 Å². The summed E-state index contributed by atoms with van der Waals surface area (Å²) >= 11 is 4.96. The number of nitrogens with two attached hydrogens (primary N) is 2. The molecule has 1 aliphatic rings. The number of thiocarbonyl (C=S) groups is 1. The Bertz CT molecular complexity index is 521. The highest BCUT2D eigenvalue weighted by Crippen LogP contribution is 2.22. The minimum atomic E-state index is -0.343. The first-order valence-corrected chi connectivity index (χ1v) is 6.51. The molecule has 19 heavy (non-hydrogen) atoms. The number of nitrogens with zero attached hydrogens (tertiary/aromatic N) is 1. The summed E-state index contributed by atoms with van der Waals surface area (Å²) in [6.45, 7) is 1.19. The van der Waals surface area contributed by atoms with E-state index in [0.29, 0.717) is 17.7 Å². The van der Waals surface area contributed by atoms with Gasteiger partial charge in [-0.3, -0.25) is 9.69 Å². The van der Waals surface area contributed by atoms with Gasteiger partial charge in [0.2, 0.25) is 5.91 Å². The molecule has 102 valence electrons. The smallest absolute Gasteiger partial charge is 0.234 e. The molecule has 4 nitrogen and oxygen atoms in total. The predicted octanol–water partition coefficient (Wildman–Crippen LogP) is 0.910. The van der Waals surface area contributed by atoms with E-state index in [0.717, 1.165) is 19.4 Å². The normalized spacial score (nSPS) is 19.5. The maximum absolute atomic E-state index is 13.3. The number of carbonyl (C=O) groups excluding carboxylic acids is 1. The van der Waals surface area contributed by atoms with E-state index in [4.69, 9.17) is 23.7 Å². The van der Waals surface area contributed by atoms with Crippen molar-refractivity contribution >= 4 is 23.1 Å². The molecule has 2 rings (SSSR count). The number of benzene rings is 1. The predicted molar refractivity (Wildman–Crippen MR) is 74.9 cm³/mol. The highest BCUT2D eigenvalue weighted by molar-refractivity contribution is 7.80. The van der Waals surface area contributed by atoms with Crippen molar-refractivity contribution < 1.29 is 9.18 Å². The Kier molecular flexibility index (Phi) is 4.11. The molecule has 0 bridgehead atoms. The van der Waals surface area contributed by atoms with Crippen LogP contribution in [0, 0.1) is 5.82 Å². The van der Waals surface area contributed by atoms with Crippen LogP contribution in [0.4, 0.5) is 4.39 Å². The van der Waals surface area contributed by atoms with E-state index >= 15 is 0 Å². The Morgan fingerprint density at radius 1 is 1.47 bits per heavy atom. The van der Waals surface area contributed by atoms with Crippen molar-refractivity contribution in [1.29, 1.82) is 0 Å². The lowest BCUT2D eigenvalue weighted by Gasteiger charge is -2.23. The third kappa shape index (κ3) is 3.08. The molecule has 1 amide bonds. The molecule has 0 spiro atoms. The molecule has 1 aromatic rings. The summed E-state index contributed by atoms with van der Waals surface area (Å²) in [4.78, 5) is 13.5. The third-order valence-corrected chi connectivity index (χ3v) is 3.62. The SMILES string of the molecule is NC(=O)C1CCCN1Cc1cc(F)ccc1C(N)=S. The van der Waals surface area contributed by atoms with Gasteiger partial charge in [-0.25, -0.2) is 4.39 Å². The van der Waals surface area contributed by atoms with Crippen molar-refractivity contribution in [3.05, 3.63) is 35.1 Å². The number of halogens is 1. The molecular weight excluding hydrogens is 265 g/mol. The highest BCUT2D eigenvalue weighted by atomic mass is 32.1. The van der Waals surface area contributed by atoms with Crippen LogP contribution in [-0.2, 0) is 11.3 Å². The molecule has 4 N–H and O–H groups in total. The number of amides is 1. The van der Waals surface area contributed by atoms with E-state index in [9.17, 15) is 9.18 Å². The van der Waals surface area contributed by atoms with E-state index in [1.165, 1.54) is 12.1 Å². The van der Waals surface area contributed by atoms with E-state index < -0.39 is 0 Å². The molecule has 0 radical (unpaired) electrons. The van der Waals surface area contributed by atoms with Crippen LogP contribution < -0.4 is 11.5 Å². The van der Waals surface area contributed by atoms with Crippen LogP contribution in [0.15, 0.2) is 18.2 Å². The number of likely N-dealkylation sites (tertiary alicyclic amines) is 1. The molecule has 1 atom stereocenters. The minimum Gasteiger partial charge on any atom is -0.389 e. The van der Waals surface area contributed by atoms with Crippen LogP contribution in [0.5, 0.6) is 0 Å². The Morgan fingerprint density at radius 2 is 2.21 bits per heavy atom. The second kappa shape index (κ2) is 5.63. The van der Waals surface area contributed by atoms with Gasteiger partial charge < -0.3 is 11.5 Å². The fourth-order valence-corrected chi connectivity index (χ4v) is 2.69. The maximum atomic E-state index is 13.3. The number of carbonyl (C=O) groups is 1. The highest BCUT2D eigenvalue weighted by Gasteiger charge is 2.29. The summed E-state index contributed by atoms with van der Waals surface area (Å²) < 4.78 is 13.3. The Morgan fingerprint density at radius 3 is 2.84 bits per heavy atom. The zero-order valence-electron chi connectivity index (χ0n) is 10.4. The maximum Gasteiger partial charge on any atom is 0.234 e. The van der Waals surface area contributed by atoms with Gasteiger partial charge >= 0.3 is 0 Å². The molecule has 1 heterocycles. The fourth-order valence-electron chi connectivity index (χ4n) is 2.49. The van der Waals surface area contributed by atoms with E-state index in [1.54, 1.807) is 6.07 Å². The van der Waals surface area contributed by atoms with Crippen molar-refractivity contribution in [3.8, 4) is 0 Å². The summed E-state index contributed by atoms with van der Waals surface area (Å²) in [5.41, 5.74) is 12.3. The van der Waals surface area contributed by atoms with Crippen molar-refractivity contribution in [2.45, 2.75) is 25.4 Å². The van der Waals surface area contributed by atoms with Crippen LogP contribution in [0.1, 0.15) is 24.0 Å². The number of primary amides is 1. The second-order valence-electron chi connectivity index (χ2n) is 4.70. The molecule has 1 unspecified atom stereocenters. The molecular formula is C13H16FN3OS. The first-order chi connectivity index (χ1) is 8.99. The van der Waals surface area contributed by atoms with Gasteiger partial charge in [0, 0.05) is 12.1 Å². The second-order valence-corrected chi connectivity index (χ2v) is 5.14. The molecule has 0 aliphatic carbocycles. The fraction of sp³-hybridized carbons (Fsp3) is 0.385. The van der Waals surface area contributed by atoms with Crippen molar-refractivity contribution in [3.63, 3.8) is 0 Å². The molecule has 1 fully saturated rings. The van der Waals surface area contributed by atoms with Crippen LogP contribution in [0.3, 0.4) is 0 Å². The Balaban J connectivity index is 2.25. The molecule has 1 aromatic carbocycles. The quantitative estimate of drug-likeness (QED) is 0.805. The lowest BCUT2D eigenvalue weighted by atomic mass is 10.1.